The standard InChI is InChI=1S/C19H15BrN6O5/c1-12(14-4-8-16(9-5-14)25(28)29)21-22-19(27)18-17(26(30)31)11-24(23-18)10-13-2-6-15(20)7-3-13/h2-9,11H,10H2,1H3,(H,22,27). The zero-order valence-electron chi connectivity index (χ0n) is 16.1. The van der Waals surface area contributed by atoms with E-state index in [1.807, 2.05) is 24.3 Å². The fraction of sp³-hybridized carbons (Fsp3) is 0.105. The van der Waals surface area contributed by atoms with E-state index >= 15 is 0 Å². The predicted molar refractivity (Wildman–Crippen MR) is 115 cm³/mol. The van der Waals surface area contributed by atoms with Crippen molar-refractivity contribution in [1.82, 2.24) is 15.2 Å². The van der Waals surface area contributed by atoms with Crippen LogP contribution in [0.1, 0.15) is 28.5 Å². The van der Waals surface area contributed by atoms with E-state index in [1.165, 1.54) is 35.1 Å². The highest BCUT2D eigenvalue weighted by Crippen LogP contribution is 2.19. The molecule has 0 saturated heterocycles. The quantitative estimate of drug-likeness (QED) is 0.306. The van der Waals surface area contributed by atoms with Crippen molar-refractivity contribution < 1.29 is 14.6 Å². The molecule has 1 amide bonds. The Hall–Kier alpha value is -3.93. The minimum absolute atomic E-state index is 0.0764. The van der Waals surface area contributed by atoms with E-state index in [-0.39, 0.29) is 17.9 Å². The Morgan fingerprint density at radius 2 is 1.74 bits per heavy atom. The summed E-state index contributed by atoms with van der Waals surface area (Å²) >= 11 is 3.33. The first-order valence-electron chi connectivity index (χ1n) is 8.80. The van der Waals surface area contributed by atoms with Gasteiger partial charge in [0.05, 0.1) is 22.1 Å². The summed E-state index contributed by atoms with van der Waals surface area (Å²) in [7, 11) is 0. The SMILES string of the molecule is CC(=NNC(=O)c1nn(Cc2ccc(Br)cc2)cc1[N+](=O)[O-])c1ccc([N+](=O)[O-])cc1. The first kappa shape index (κ1) is 21.8. The molecule has 0 aliphatic heterocycles. The van der Waals surface area contributed by atoms with Crippen LogP contribution in [-0.4, -0.2) is 31.2 Å². The maximum atomic E-state index is 12.5. The van der Waals surface area contributed by atoms with Gasteiger partial charge < -0.3 is 0 Å². The number of rotatable bonds is 7. The third kappa shape index (κ3) is 5.36. The second kappa shape index (κ2) is 9.26. The third-order valence-electron chi connectivity index (χ3n) is 4.23. The number of nitrogens with zero attached hydrogens (tertiary/aromatic N) is 5. The molecule has 0 spiro atoms. The highest BCUT2D eigenvalue weighted by molar-refractivity contribution is 9.10. The van der Waals surface area contributed by atoms with Gasteiger partial charge in [0.15, 0.2) is 0 Å². The van der Waals surface area contributed by atoms with Crippen molar-refractivity contribution >= 4 is 38.9 Å². The number of hydrogen-bond acceptors (Lipinski definition) is 7. The van der Waals surface area contributed by atoms with Gasteiger partial charge in [0.25, 0.3) is 11.6 Å². The molecule has 12 heteroatoms. The molecule has 1 heterocycles. The summed E-state index contributed by atoms with van der Waals surface area (Å²) in [5, 5.41) is 30.0. The molecule has 0 aliphatic rings. The Kier molecular flexibility index (Phi) is 6.50. The molecule has 158 valence electrons. The maximum Gasteiger partial charge on any atom is 0.320 e. The normalized spacial score (nSPS) is 11.2. The van der Waals surface area contributed by atoms with Crippen LogP contribution in [0.2, 0.25) is 0 Å². The summed E-state index contributed by atoms with van der Waals surface area (Å²) < 4.78 is 2.20. The molecular formula is C19H15BrN6O5. The number of carbonyl (C=O) groups excluding carboxylic acids is 1. The molecule has 0 aliphatic carbocycles. The van der Waals surface area contributed by atoms with Crippen molar-refractivity contribution in [2.24, 2.45) is 5.10 Å². The molecule has 2 aromatic carbocycles. The van der Waals surface area contributed by atoms with Crippen molar-refractivity contribution in [2.75, 3.05) is 0 Å². The molecular weight excluding hydrogens is 472 g/mol. The van der Waals surface area contributed by atoms with Gasteiger partial charge in [-0.1, -0.05) is 28.1 Å². The van der Waals surface area contributed by atoms with E-state index in [4.69, 9.17) is 0 Å². The van der Waals surface area contributed by atoms with Crippen LogP contribution in [0.5, 0.6) is 0 Å². The van der Waals surface area contributed by atoms with Crippen LogP contribution >= 0.6 is 15.9 Å². The van der Waals surface area contributed by atoms with E-state index in [1.54, 1.807) is 6.92 Å². The number of benzene rings is 2. The number of amides is 1. The number of nitrogens with one attached hydrogen (secondary N) is 1. The highest BCUT2D eigenvalue weighted by atomic mass is 79.9. The first-order chi connectivity index (χ1) is 14.7. The average Bonchev–Trinajstić information content (AvgIpc) is 3.18. The molecule has 1 aromatic heterocycles. The summed E-state index contributed by atoms with van der Waals surface area (Å²) in [5.74, 6) is -0.845. The summed E-state index contributed by atoms with van der Waals surface area (Å²) in [4.78, 5) is 33.3. The number of hydrazone groups is 1. The smallest absolute Gasteiger partial charge is 0.265 e. The van der Waals surface area contributed by atoms with Crippen molar-refractivity contribution in [2.45, 2.75) is 13.5 Å². The van der Waals surface area contributed by atoms with Gasteiger partial charge in [-0.3, -0.25) is 29.7 Å². The van der Waals surface area contributed by atoms with Crippen LogP contribution < -0.4 is 5.43 Å². The largest absolute Gasteiger partial charge is 0.320 e. The fourth-order valence-electron chi connectivity index (χ4n) is 2.64. The number of carbonyl (C=O) groups is 1. The van der Waals surface area contributed by atoms with Crippen LogP contribution in [0.15, 0.2) is 64.3 Å². The molecule has 3 rings (SSSR count). The van der Waals surface area contributed by atoms with E-state index in [2.05, 4.69) is 31.6 Å². The number of halogens is 1. The van der Waals surface area contributed by atoms with Crippen molar-refractivity contribution in [3.8, 4) is 0 Å². The van der Waals surface area contributed by atoms with Crippen molar-refractivity contribution in [3.63, 3.8) is 0 Å². The summed E-state index contributed by atoms with van der Waals surface area (Å²) in [5.41, 5.74) is 3.10. The lowest BCUT2D eigenvalue weighted by Gasteiger charge is -2.02. The Labute approximate surface area is 183 Å². The summed E-state index contributed by atoms with van der Waals surface area (Å²) in [6.07, 6.45) is 1.18. The van der Waals surface area contributed by atoms with Gasteiger partial charge in [-0.25, -0.2) is 5.43 Å². The van der Waals surface area contributed by atoms with Crippen LogP contribution in [-0.2, 0) is 6.54 Å². The van der Waals surface area contributed by atoms with Gasteiger partial charge in [0, 0.05) is 16.6 Å². The topological polar surface area (TPSA) is 146 Å². The second-order valence-electron chi connectivity index (χ2n) is 6.39. The molecule has 0 atom stereocenters. The van der Waals surface area contributed by atoms with E-state index in [0.29, 0.717) is 11.3 Å². The molecule has 11 nitrogen and oxygen atoms in total. The lowest BCUT2D eigenvalue weighted by Crippen LogP contribution is -2.21. The monoisotopic (exact) mass is 486 g/mol. The fourth-order valence-corrected chi connectivity index (χ4v) is 2.90. The second-order valence-corrected chi connectivity index (χ2v) is 7.30. The van der Waals surface area contributed by atoms with Crippen molar-refractivity contribution in [1.29, 1.82) is 0 Å². The van der Waals surface area contributed by atoms with Crippen LogP contribution in [0, 0.1) is 20.2 Å². The highest BCUT2D eigenvalue weighted by Gasteiger charge is 2.25. The molecule has 0 saturated carbocycles. The Balaban J connectivity index is 1.77. The molecule has 0 radical (unpaired) electrons. The number of non-ortho nitro benzene ring substituents is 1. The van der Waals surface area contributed by atoms with Gasteiger partial charge in [-0.2, -0.15) is 10.2 Å². The molecule has 0 unspecified atom stereocenters. The molecule has 0 bridgehead atoms. The van der Waals surface area contributed by atoms with Gasteiger partial charge in [0.2, 0.25) is 5.69 Å². The van der Waals surface area contributed by atoms with Crippen LogP contribution in [0.25, 0.3) is 0 Å². The zero-order valence-corrected chi connectivity index (χ0v) is 17.6. The van der Waals surface area contributed by atoms with E-state index in [0.717, 1.165) is 10.0 Å². The summed E-state index contributed by atoms with van der Waals surface area (Å²) in [6, 6.07) is 12.9. The van der Waals surface area contributed by atoms with Gasteiger partial charge in [-0.05, 0) is 42.3 Å². The molecule has 1 N–H and O–H groups in total. The summed E-state index contributed by atoms with van der Waals surface area (Å²) in [6.45, 7) is 1.83. The number of hydrogen-bond donors (Lipinski definition) is 1. The number of nitro benzene ring substituents is 1. The Bertz CT molecular complexity index is 1170. The van der Waals surface area contributed by atoms with E-state index < -0.39 is 21.4 Å². The molecule has 0 fully saturated rings. The minimum atomic E-state index is -0.845. The zero-order chi connectivity index (χ0) is 22.5. The van der Waals surface area contributed by atoms with Gasteiger partial charge in [0.1, 0.15) is 6.20 Å². The molecule has 31 heavy (non-hydrogen) atoms. The number of aromatic nitrogens is 2. The number of nitro groups is 2. The predicted octanol–water partition coefficient (Wildman–Crippen LogP) is 3.66. The molecule has 3 aromatic rings. The Morgan fingerprint density at radius 1 is 1.10 bits per heavy atom. The first-order valence-corrected chi connectivity index (χ1v) is 9.59. The van der Waals surface area contributed by atoms with Gasteiger partial charge >= 0.3 is 5.69 Å². The lowest BCUT2D eigenvalue weighted by molar-refractivity contribution is -0.385. The third-order valence-corrected chi connectivity index (χ3v) is 4.76. The van der Waals surface area contributed by atoms with Gasteiger partial charge in [-0.15, -0.1) is 0 Å². The van der Waals surface area contributed by atoms with Crippen LogP contribution in [0.3, 0.4) is 0 Å². The van der Waals surface area contributed by atoms with E-state index in [9.17, 15) is 25.0 Å². The van der Waals surface area contributed by atoms with Crippen molar-refractivity contribution in [3.05, 3.63) is 96.2 Å². The maximum absolute atomic E-state index is 12.5. The minimum Gasteiger partial charge on any atom is -0.265 e. The van der Waals surface area contributed by atoms with Crippen LogP contribution in [0.4, 0.5) is 11.4 Å². The lowest BCUT2D eigenvalue weighted by atomic mass is 10.1. The Morgan fingerprint density at radius 3 is 2.32 bits per heavy atom. The average molecular weight is 487 g/mol.